The lowest BCUT2D eigenvalue weighted by Gasteiger charge is -2.47. The normalized spacial score (nSPS) is 41.0. The molecule has 2 atom stereocenters. The van der Waals surface area contributed by atoms with E-state index in [1.165, 1.54) is 0 Å². The van der Waals surface area contributed by atoms with Crippen LogP contribution >= 0.6 is 0 Å². The molecule has 2 heterocycles. The van der Waals surface area contributed by atoms with Crippen molar-refractivity contribution >= 4 is 9.84 Å². The van der Waals surface area contributed by atoms with Crippen LogP contribution in [0.15, 0.2) is 0 Å². The molecule has 4 nitrogen and oxygen atoms in total. The predicted octanol–water partition coefficient (Wildman–Crippen LogP) is 1.17. The number of ether oxygens (including phenoxy) is 1. The van der Waals surface area contributed by atoms with Crippen LogP contribution in [0, 0.1) is 11.3 Å². The van der Waals surface area contributed by atoms with E-state index in [2.05, 4.69) is 19.2 Å². The molecule has 2 fully saturated rings. The van der Waals surface area contributed by atoms with Crippen molar-refractivity contribution in [3.63, 3.8) is 0 Å². The zero-order chi connectivity index (χ0) is 12.7. The van der Waals surface area contributed by atoms with Gasteiger partial charge in [-0.2, -0.15) is 0 Å². The first-order valence-electron chi connectivity index (χ1n) is 6.32. The van der Waals surface area contributed by atoms with Crippen LogP contribution < -0.4 is 5.32 Å². The quantitative estimate of drug-likeness (QED) is 0.770. The number of rotatable bonds is 1. The van der Waals surface area contributed by atoms with Crippen LogP contribution in [0.25, 0.3) is 0 Å². The highest BCUT2D eigenvalue weighted by atomic mass is 32.2. The largest absolute Gasteiger partial charge is 0.360 e. The summed E-state index contributed by atoms with van der Waals surface area (Å²) in [4.78, 5) is 0. The second-order valence-corrected chi connectivity index (χ2v) is 8.60. The Morgan fingerprint density at radius 3 is 2.53 bits per heavy atom. The number of hydrogen-bond donors (Lipinski definition) is 1. The Morgan fingerprint density at radius 2 is 2.00 bits per heavy atom. The molecule has 1 N–H and O–H groups in total. The van der Waals surface area contributed by atoms with E-state index in [0.717, 1.165) is 19.4 Å². The average Bonchev–Trinajstić information content (AvgIpc) is 2.22. The highest BCUT2D eigenvalue weighted by Crippen LogP contribution is 2.34. The third-order valence-electron chi connectivity index (χ3n) is 3.92. The van der Waals surface area contributed by atoms with Crippen molar-refractivity contribution in [2.75, 3.05) is 24.7 Å². The van der Waals surface area contributed by atoms with Crippen molar-refractivity contribution in [2.24, 2.45) is 11.3 Å². The lowest BCUT2D eigenvalue weighted by molar-refractivity contribution is -0.154. The lowest BCUT2D eigenvalue weighted by Crippen LogP contribution is -2.61. The molecule has 0 aromatic carbocycles. The van der Waals surface area contributed by atoms with E-state index in [1.54, 1.807) is 0 Å². The number of nitrogens with one attached hydrogen (secondary N) is 1. The molecular formula is C12H23NO3S. The van der Waals surface area contributed by atoms with Gasteiger partial charge in [0.15, 0.2) is 9.84 Å². The van der Waals surface area contributed by atoms with Gasteiger partial charge in [-0.25, -0.2) is 8.42 Å². The molecule has 0 bridgehead atoms. The van der Waals surface area contributed by atoms with Crippen LogP contribution in [0.3, 0.4) is 0 Å². The summed E-state index contributed by atoms with van der Waals surface area (Å²) in [7, 11) is -2.87. The Labute approximate surface area is 104 Å². The van der Waals surface area contributed by atoms with Crippen molar-refractivity contribution in [1.82, 2.24) is 5.32 Å². The van der Waals surface area contributed by atoms with Crippen LogP contribution in [0.2, 0.25) is 0 Å². The summed E-state index contributed by atoms with van der Waals surface area (Å²) in [5.41, 5.74) is -0.337. The van der Waals surface area contributed by atoms with Crippen molar-refractivity contribution in [3.8, 4) is 0 Å². The first-order valence-corrected chi connectivity index (χ1v) is 8.14. The summed E-state index contributed by atoms with van der Waals surface area (Å²) in [5, 5.41) is 3.41. The van der Waals surface area contributed by atoms with E-state index in [1.807, 2.05) is 6.92 Å². The standard InChI is InChI=1S/C12H23NO3S/c1-11(2)8-13-12(3,16-9-11)10-5-4-6-17(14,15)7-10/h10,13H,4-9H2,1-3H3. The van der Waals surface area contributed by atoms with Gasteiger partial charge in [-0.05, 0) is 19.8 Å². The minimum atomic E-state index is -2.87. The van der Waals surface area contributed by atoms with E-state index < -0.39 is 15.6 Å². The van der Waals surface area contributed by atoms with E-state index in [9.17, 15) is 8.42 Å². The molecule has 0 saturated carbocycles. The molecule has 100 valence electrons. The summed E-state index contributed by atoms with van der Waals surface area (Å²) < 4.78 is 29.3. The summed E-state index contributed by atoms with van der Waals surface area (Å²) in [6.07, 6.45) is 1.69. The first kappa shape index (κ1) is 13.3. The zero-order valence-corrected chi connectivity index (χ0v) is 11.8. The van der Waals surface area contributed by atoms with Crippen LogP contribution in [0.5, 0.6) is 0 Å². The fraction of sp³-hybridized carbons (Fsp3) is 1.00. The summed E-state index contributed by atoms with van der Waals surface area (Å²) in [6, 6.07) is 0. The molecule has 2 saturated heterocycles. The van der Waals surface area contributed by atoms with E-state index in [-0.39, 0.29) is 17.1 Å². The van der Waals surface area contributed by atoms with Crippen LogP contribution in [-0.4, -0.2) is 38.8 Å². The highest BCUT2D eigenvalue weighted by Gasteiger charge is 2.44. The van der Waals surface area contributed by atoms with Crippen molar-refractivity contribution < 1.29 is 13.2 Å². The monoisotopic (exact) mass is 261 g/mol. The number of sulfone groups is 1. The van der Waals surface area contributed by atoms with Crippen LogP contribution in [0.4, 0.5) is 0 Å². The molecule has 0 radical (unpaired) electrons. The van der Waals surface area contributed by atoms with Gasteiger partial charge < -0.3 is 4.74 Å². The SMILES string of the molecule is CC1(C)CNC(C)(C2CCCS(=O)(=O)C2)OC1. The van der Waals surface area contributed by atoms with Gasteiger partial charge in [0.25, 0.3) is 0 Å². The lowest BCUT2D eigenvalue weighted by atomic mass is 9.87. The second-order valence-electron chi connectivity index (χ2n) is 6.37. The zero-order valence-electron chi connectivity index (χ0n) is 11.0. The van der Waals surface area contributed by atoms with Crippen molar-refractivity contribution in [1.29, 1.82) is 0 Å². The maximum absolute atomic E-state index is 11.7. The third-order valence-corrected chi connectivity index (χ3v) is 5.74. The molecule has 2 aliphatic heterocycles. The molecule has 2 aliphatic rings. The van der Waals surface area contributed by atoms with Gasteiger partial charge in [-0.3, -0.25) is 5.32 Å². The molecule has 0 aromatic rings. The fourth-order valence-corrected chi connectivity index (χ4v) is 4.45. The Bertz CT molecular complexity index is 379. The topological polar surface area (TPSA) is 55.4 Å². The number of hydrogen-bond acceptors (Lipinski definition) is 4. The summed E-state index contributed by atoms with van der Waals surface area (Å²) >= 11 is 0. The predicted molar refractivity (Wildman–Crippen MR) is 67.5 cm³/mol. The molecule has 2 rings (SSSR count). The van der Waals surface area contributed by atoms with E-state index in [4.69, 9.17) is 4.74 Å². The van der Waals surface area contributed by atoms with E-state index in [0.29, 0.717) is 12.4 Å². The van der Waals surface area contributed by atoms with Crippen molar-refractivity contribution in [3.05, 3.63) is 0 Å². The minimum Gasteiger partial charge on any atom is -0.360 e. The van der Waals surface area contributed by atoms with Crippen molar-refractivity contribution in [2.45, 2.75) is 39.3 Å². The molecular weight excluding hydrogens is 238 g/mol. The molecule has 0 amide bonds. The van der Waals surface area contributed by atoms with Gasteiger partial charge >= 0.3 is 0 Å². The fourth-order valence-electron chi connectivity index (χ4n) is 2.58. The molecule has 2 unspecified atom stereocenters. The van der Waals surface area contributed by atoms with Gasteiger partial charge in [0.05, 0.1) is 18.1 Å². The maximum Gasteiger partial charge on any atom is 0.150 e. The molecule has 0 spiro atoms. The van der Waals surface area contributed by atoms with Crippen LogP contribution in [-0.2, 0) is 14.6 Å². The molecule has 17 heavy (non-hydrogen) atoms. The van der Waals surface area contributed by atoms with E-state index >= 15 is 0 Å². The Kier molecular flexibility index (Phi) is 3.30. The van der Waals surface area contributed by atoms with Gasteiger partial charge in [0, 0.05) is 17.9 Å². The maximum atomic E-state index is 11.7. The first-order chi connectivity index (χ1) is 7.73. The van der Waals surface area contributed by atoms with Crippen LogP contribution in [0.1, 0.15) is 33.6 Å². The Balaban J connectivity index is 2.07. The molecule has 0 aliphatic carbocycles. The smallest absolute Gasteiger partial charge is 0.150 e. The average molecular weight is 261 g/mol. The molecule has 0 aromatic heterocycles. The van der Waals surface area contributed by atoms with Gasteiger partial charge in [-0.1, -0.05) is 13.8 Å². The Morgan fingerprint density at radius 1 is 1.29 bits per heavy atom. The minimum absolute atomic E-state index is 0.0809. The molecule has 5 heteroatoms. The van der Waals surface area contributed by atoms with Gasteiger partial charge in [0.1, 0.15) is 5.72 Å². The van der Waals surface area contributed by atoms with Gasteiger partial charge in [0.2, 0.25) is 0 Å². The summed E-state index contributed by atoms with van der Waals surface area (Å²) in [5.74, 6) is 0.680. The highest BCUT2D eigenvalue weighted by molar-refractivity contribution is 7.91. The third kappa shape index (κ3) is 3.01. The Hall–Kier alpha value is -0.130. The second kappa shape index (κ2) is 4.21. The van der Waals surface area contributed by atoms with Gasteiger partial charge in [-0.15, -0.1) is 0 Å². The summed E-state index contributed by atoms with van der Waals surface area (Å²) in [6.45, 7) is 7.86.